The van der Waals surface area contributed by atoms with Gasteiger partial charge in [0.15, 0.2) is 11.6 Å². The molecule has 27 heavy (non-hydrogen) atoms. The minimum Gasteiger partial charge on any atom is -0.376 e. The van der Waals surface area contributed by atoms with Crippen molar-refractivity contribution in [1.82, 2.24) is 4.90 Å². The number of nitrogens with zero attached hydrogens (tertiary/aromatic N) is 2. The Balaban J connectivity index is 0.000000524. The molecule has 0 amide bonds. The molecule has 0 atom stereocenters. The van der Waals surface area contributed by atoms with Gasteiger partial charge in [0.05, 0.1) is 5.69 Å². The van der Waals surface area contributed by atoms with E-state index in [1.54, 1.807) is 6.92 Å². The molecule has 1 aromatic carbocycles. The molecule has 1 saturated carbocycles. The molecule has 0 radical (unpaired) electrons. The second-order valence-electron chi connectivity index (χ2n) is 6.97. The van der Waals surface area contributed by atoms with Gasteiger partial charge in [0.1, 0.15) is 0 Å². The summed E-state index contributed by atoms with van der Waals surface area (Å²) in [4.78, 5) is 6.64. The van der Waals surface area contributed by atoms with Crippen molar-refractivity contribution in [3.8, 4) is 0 Å². The average molecular weight is 377 g/mol. The van der Waals surface area contributed by atoms with Crippen LogP contribution >= 0.6 is 0 Å². The number of hydrogen-bond donors (Lipinski definition) is 0. The molecule has 2 nitrogen and oxygen atoms in total. The lowest BCUT2D eigenvalue weighted by atomic mass is 10.0. The fourth-order valence-corrected chi connectivity index (χ4v) is 2.42. The monoisotopic (exact) mass is 376 g/mol. The molecule has 1 fully saturated rings. The second kappa shape index (κ2) is 11.7. The van der Waals surface area contributed by atoms with Crippen LogP contribution in [0.1, 0.15) is 58.9 Å². The van der Waals surface area contributed by atoms with E-state index >= 15 is 0 Å². The van der Waals surface area contributed by atoms with Crippen LogP contribution in [0.25, 0.3) is 0 Å². The quantitative estimate of drug-likeness (QED) is 0.518. The van der Waals surface area contributed by atoms with Gasteiger partial charge in [-0.2, -0.15) is 0 Å². The Bertz CT molecular complexity index is 686. The molecular weight excluding hydrogens is 342 g/mol. The summed E-state index contributed by atoms with van der Waals surface area (Å²) < 4.78 is 26.6. The van der Waals surface area contributed by atoms with Gasteiger partial charge in [0.2, 0.25) is 0 Å². The van der Waals surface area contributed by atoms with Crippen molar-refractivity contribution in [3.05, 3.63) is 53.3 Å². The molecular formula is C23H34F2N2. The number of benzene rings is 1. The van der Waals surface area contributed by atoms with Crippen molar-refractivity contribution < 1.29 is 8.78 Å². The molecule has 1 aromatic rings. The van der Waals surface area contributed by atoms with Gasteiger partial charge in [0.25, 0.3) is 0 Å². The number of allylic oxidation sites excluding steroid dienone is 2. The largest absolute Gasteiger partial charge is 0.376 e. The number of aryl methyl sites for hydroxylation is 1. The SMILES string of the molecule is CC.CC1CC1.CCCC(=Nc1cc(F)c(F)cc1C)C1=CN(C)CC=C1. The van der Waals surface area contributed by atoms with E-state index in [1.807, 2.05) is 33.2 Å². The first-order valence-electron chi connectivity index (χ1n) is 10.0. The first-order chi connectivity index (χ1) is 12.9. The zero-order valence-electron chi connectivity index (χ0n) is 17.6. The number of halogens is 2. The predicted octanol–water partition coefficient (Wildman–Crippen LogP) is 6.97. The lowest BCUT2D eigenvalue weighted by molar-refractivity contribution is 0.502. The van der Waals surface area contributed by atoms with Gasteiger partial charge < -0.3 is 4.90 Å². The summed E-state index contributed by atoms with van der Waals surface area (Å²) >= 11 is 0. The topological polar surface area (TPSA) is 15.6 Å². The van der Waals surface area contributed by atoms with Crippen LogP contribution in [0, 0.1) is 24.5 Å². The van der Waals surface area contributed by atoms with E-state index in [1.165, 1.54) is 18.9 Å². The van der Waals surface area contributed by atoms with Gasteiger partial charge in [-0.1, -0.05) is 59.1 Å². The summed E-state index contributed by atoms with van der Waals surface area (Å²) in [5.74, 6) is -0.611. The zero-order valence-corrected chi connectivity index (χ0v) is 17.6. The van der Waals surface area contributed by atoms with E-state index in [9.17, 15) is 8.78 Å². The van der Waals surface area contributed by atoms with Gasteiger partial charge in [-0.15, -0.1) is 0 Å². The number of hydrogen-bond acceptors (Lipinski definition) is 2. The highest BCUT2D eigenvalue weighted by Crippen LogP contribution is 2.27. The third kappa shape index (κ3) is 8.06. The van der Waals surface area contributed by atoms with Crippen molar-refractivity contribution in [2.24, 2.45) is 10.9 Å². The molecule has 3 rings (SSSR count). The van der Waals surface area contributed by atoms with E-state index in [0.29, 0.717) is 11.3 Å². The highest BCUT2D eigenvalue weighted by Gasteiger charge is 2.13. The predicted molar refractivity (Wildman–Crippen MR) is 113 cm³/mol. The lowest BCUT2D eigenvalue weighted by Gasteiger charge is -2.19. The second-order valence-corrected chi connectivity index (χ2v) is 6.97. The highest BCUT2D eigenvalue weighted by molar-refractivity contribution is 6.04. The van der Waals surface area contributed by atoms with E-state index in [-0.39, 0.29) is 0 Å². The summed E-state index contributed by atoms with van der Waals surface area (Å²) in [6.07, 6.45) is 10.8. The van der Waals surface area contributed by atoms with Crippen LogP contribution in [0.4, 0.5) is 14.5 Å². The van der Waals surface area contributed by atoms with Gasteiger partial charge >= 0.3 is 0 Å². The van der Waals surface area contributed by atoms with Crippen LogP contribution in [-0.2, 0) is 0 Å². The minimum atomic E-state index is -0.861. The summed E-state index contributed by atoms with van der Waals surface area (Å²) in [5.41, 5.74) is 3.04. The number of rotatable bonds is 4. The molecule has 1 aliphatic heterocycles. The van der Waals surface area contributed by atoms with Crippen LogP contribution in [0.5, 0.6) is 0 Å². The smallest absolute Gasteiger partial charge is 0.160 e. The zero-order chi connectivity index (χ0) is 20.4. The molecule has 0 saturated heterocycles. The van der Waals surface area contributed by atoms with E-state index in [2.05, 4.69) is 29.8 Å². The molecule has 0 aromatic heterocycles. The molecule has 0 unspecified atom stereocenters. The lowest BCUT2D eigenvalue weighted by Crippen LogP contribution is -2.17. The van der Waals surface area contributed by atoms with Crippen molar-refractivity contribution in [2.75, 3.05) is 13.6 Å². The van der Waals surface area contributed by atoms with Gasteiger partial charge in [-0.05, 0) is 30.9 Å². The van der Waals surface area contributed by atoms with Crippen LogP contribution in [0.15, 0.2) is 41.1 Å². The maximum atomic E-state index is 13.4. The summed E-state index contributed by atoms with van der Waals surface area (Å²) in [7, 11) is 2.00. The Hall–Kier alpha value is -1.97. The Morgan fingerprint density at radius 1 is 1.19 bits per heavy atom. The van der Waals surface area contributed by atoms with Crippen molar-refractivity contribution >= 4 is 11.4 Å². The van der Waals surface area contributed by atoms with Gasteiger partial charge in [-0.3, -0.25) is 4.99 Å². The molecule has 1 aliphatic carbocycles. The van der Waals surface area contributed by atoms with Crippen LogP contribution < -0.4 is 0 Å². The van der Waals surface area contributed by atoms with E-state index in [4.69, 9.17) is 0 Å². The fourth-order valence-electron chi connectivity index (χ4n) is 2.42. The first-order valence-corrected chi connectivity index (χ1v) is 10.0. The molecule has 0 N–H and O–H groups in total. The van der Waals surface area contributed by atoms with Crippen molar-refractivity contribution in [3.63, 3.8) is 0 Å². The molecule has 1 heterocycles. The molecule has 2 aliphatic rings. The molecule has 4 heteroatoms. The fraction of sp³-hybridized carbons (Fsp3) is 0.522. The normalized spacial score (nSPS) is 16.1. The average Bonchev–Trinajstić information content (AvgIpc) is 3.43. The van der Waals surface area contributed by atoms with Crippen molar-refractivity contribution in [1.29, 1.82) is 0 Å². The minimum absolute atomic E-state index is 0.486. The highest BCUT2D eigenvalue weighted by atomic mass is 19.2. The Morgan fingerprint density at radius 2 is 1.78 bits per heavy atom. The Labute approximate surface area is 163 Å². The number of aliphatic imine (C=N–C) groups is 1. The van der Waals surface area contributed by atoms with Crippen LogP contribution in [0.2, 0.25) is 0 Å². The summed E-state index contributed by atoms with van der Waals surface area (Å²) in [6.45, 7) is 11.0. The third-order valence-electron chi connectivity index (χ3n) is 4.23. The number of likely N-dealkylation sites (N-methyl/N-ethyl adjacent to an activating group) is 1. The van der Waals surface area contributed by atoms with Crippen molar-refractivity contribution in [2.45, 2.75) is 60.3 Å². The molecule has 0 bridgehead atoms. The third-order valence-corrected chi connectivity index (χ3v) is 4.23. The summed E-state index contributed by atoms with van der Waals surface area (Å²) in [5, 5.41) is 0. The maximum absolute atomic E-state index is 13.4. The molecule has 0 spiro atoms. The van der Waals surface area contributed by atoms with E-state index < -0.39 is 11.6 Å². The maximum Gasteiger partial charge on any atom is 0.160 e. The Kier molecular flexibility index (Phi) is 9.98. The standard InChI is InChI=1S/C17H20F2N2.C4H8.C2H6/c1-4-6-16(13-7-5-8-21(3)11-13)20-17-10-15(19)14(18)9-12(17)2;1-4-2-3-4;1-2/h5,7,9-11H,4,6,8H2,1-3H3;4H,2-3H2,1H3;1-2H3. The summed E-state index contributed by atoms with van der Waals surface area (Å²) in [6, 6.07) is 2.35. The molecule has 150 valence electrons. The van der Waals surface area contributed by atoms with Gasteiger partial charge in [0, 0.05) is 37.1 Å². The Morgan fingerprint density at radius 3 is 2.30 bits per heavy atom. The van der Waals surface area contributed by atoms with Crippen LogP contribution in [-0.4, -0.2) is 24.2 Å². The first kappa shape index (κ1) is 23.1. The van der Waals surface area contributed by atoms with E-state index in [0.717, 1.165) is 42.7 Å². The van der Waals surface area contributed by atoms with Crippen LogP contribution in [0.3, 0.4) is 0 Å². The van der Waals surface area contributed by atoms with Gasteiger partial charge in [-0.25, -0.2) is 8.78 Å².